The lowest BCUT2D eigenvalue weighted by molar-refractivity contribution is -0.693. The molecular weight excluding hydrogens is 548 g/mol. The van der Waals surface area contributed by atoms with Gasteiger partial charge < -0.3 is 21.3 Å². The van der Waals surface area contributed by atoms with Crippen molar-refractivity contribution in [1.29, 1.82) is 0 Å². The van der Waals surface area contributed by atoms with Gasteiger partial charge in [-0.1, -0.05) is 12.1 Å². The molecule has 0 saturated carbocycles. The van der Waals surface area contributed by atoms with Crippen LogP contribution in [0.2, 0.25) is 0 Å². The Balaban J connectivity index is 1.09. The van der Waals surface area contributed by atoms with Crippen LogP contribution in [0.3, 0.4) is 0 Å². The first-order valence-electron chi connectivity index (χ1n) is 14.6. The van der Waals surface area contributed by atoms with Crippen molar-refractivity contribution in [3.8, 4) is 0 Å². The lowest BCUT2D eigenvalue weighted by Crippen LogP contribution is -2.30. The first kappa shape index (κ1) is 29.7. The number of anilines is 6. The maximum absolute atomic E-state index is 12.8. The van der Waals surface area contributed by atoms with Gasteiger partial charge in [-0.25, -0.2) is 9.13 Å². The van der Waals surface area contributed by atoms with E-state index in [1.807, 2.05) is 97.6 Å². The van der Waals surface area contributed by atoms with E-state index >= 15 is 0 Å². The van der Waals surface area contributed by atoms with Crippen molar-refractivity contribution in [3.05, 3.63) is 139 Å². The van der Waals surface area contributed by atoms with Crippen LogP contribution < -0.4 is 30.4 Å². The highest BCUT2D eigenvalue weighted by Crippen LogP contribution is 2.20. The molecule has 5 rings (SSSR count). The number of nitrogens with one attached hydrogen (secondary N) is 4. The SMILES string of the molecule is CC[n+]1ccc(Nc2ccc(NC(=O)/C=C/c3ccc(C(=O)Nc4ccc(Nc5cc[n+](CC)cc5)cc4)cc3)cc2)cc1. The van der Waals surface area contributed by atoms with Crippen LogP contribution in [0, 0.1) is 0 Å². The molecule has 0 unspecified atom stereocenters. The molecule has 2 heterocycles. The number of aromatic nitrogens is 2. The zero-order valence-corrected chi connectivity index (χ0v) is 24.8. The number of nitrogens with zero attached hydrogens (tertiary/aromatic N) is 2. The second-order valence-electron chi connectivity index (χ2n) is 10.1. The Morgan fingerprint density at radius 1 is 0.545 bits per heavy atom. The molecule has 0 radical (unpaired) electrons. The standard InChI is InChI=1S/C36H34N6O2/c1-3-41-23-19-33(20-24-41)37-29-10-14-31(15-11-29)39-35(43)18-7-27-5-8-28(9-6-27)36(44)40-32-16-12-30(13-17-32)38-34-21-25-42(4-2)26-22-34/h5-26H,3-4H2,1-2H3,(H2,39,40,43,44)/p+2/b18-7+. The quantitative estimate of drug-likeness (QED) is 0.103. The fourth-order valence-electron chi connectivity index (χ4n) is 4.41. The van der Waals surface area contributed by atoms with Crippen LogP contribution in [0.25, 0.3) is 6.08 Å². The Morgan fingerprint density at radius 3 is 1.41 bits per heavy atom. The number of hydrogen-bond acceptors (Lipinski definition) is 4. The Bertz CT molecular complexity index is 1710. The van der Waals surface area contributed by atoms with E-state index < -0.39 is 0 Å². The fraction of sp³-hybridized carbons (Fsp3) is 0.111. The summed E-state index contributed by atoms with van der Waals surface area (Å²) >= 11 is 0. The lowest BCUT2D eigenvalue weighted by Gasteiger charge is -2.09. The molecule has 0 saturated heterocycles. The molecule has 0 bridgehead atoms. The highest BCUT2D eigenvalue weighted by molar-refractivity contribution is 6.05. The summed E-state index contributed by atoms with van der Waals surface area (Å²) in [6, 6.07) is 30.3. The topological polar surface area (TPSA) is 90.0 Å². The molecule has 0 aliphatic carbocycles. The number of rotatable bonds is 11. The molecule has 5 aromatic rings. The highest BCUT2D eigenvalue weighted by atomic mass is 16.2. The molecule has 8 heteroatoms. The van der Waals surface area contributed by atoms with Crippen LogP contribution in [0.5, 0.6) is 0 Å². The van der Waals surface area contributed by atoms with Crippen molar-refractivity contribution < 1.29 is 18.7 Å². The minimum Gasteiger partial charge on any atom is -0.355 e. The van der Waals surface area contributed by atoms with Crippen molar-refractivity contribution in [1.82, 2.24) is 0 Å². The van der Waals surface area contributed by atoms with Gasteiger partial charge in [-0.05, 0) is 86.2 Å². The average Bonchev–Trinajstić information content (AvgIpc) is 3.06. The van der Waals surface area contributed by atoms with E-state index in [2.05, 4.69) is 44.2 Å². The summed E-state index contributed by atoms with van der Waals surface area (Å²) in [5, 5.41) is 12.5. The number of benzene rings is 3. The summed E-state index contributed by atoms with van der Waals surface area (Å²) in [6.45, 7) is 6.05. The molecule has 2 aromatic heterocycles. The first-order valence-corrected chi connectivity index (χ1v) is 14.6. The zero-order chi connectivity index (χ0) is 30.7. The van der Waals surface area contributed by atoms with Crippen LogP contribution in [-0.2, 0) is 17.9 Å². The smallest absolute Gasteiger partial charge is 0.255 e. The minimum atomic E-state index is -0.241. The lowest BCUT2D eigenvalue weighted by atomic mass is 10.1. The van der Waals surface area contributed by atoms with Crippen LogP contribution in [-0.4, -0.2) is 11.8 Å². The van der Waals surface area contributed by atoms with Crippen LogP contribution >= 0.6 is 0 Å². The van der Waals surface area contributed by atoms with Crippen LogP contribution in [0.15, 0.2) is 128 Å². The van der Waals surface area contributed by atoms with Gasteiger partial charge >= 0.3 is 0 Å². The third kappa shape index (κ3) is 8.39. The number of pyridine rings is 2. The molecular formula is C36H36N6O2+2. The summed E-state index contributed by atoms with van der Waals surface area (Å²) in [5.74, 6) is -0.449. The number of amides is 2. The van der Waals surface area contributed by atoms with Crippen molar-refractivity contribution in [2.24, 2.45) is 0 Å². The summed E-state index contributed by atoms with van der Waals surface area (Å²) in [5.41, 5.74) is 6.58. The molecule has 2 amide bonds. The van der Waals surface area contributed by atoms with E-state index in [-0.39, 0.29) is 11.8 Å². The van der Waals surface area contributed by atoms with Crippen molar-refractivity contribution in [2.45, 2.75) is 26.9 Å². The van der Waals surface area contributed by atoms with Crippen LogP contribution in [0.1, 0.15) is 29.8 Å². The molecule has 3 aromatic carbocycles. The van der Waals surface area contributed by atoms with Crippen molar-refractivity contribution >= 4 is 52.0 Å². The van der Waals surface area contributed by atoms with Gasteiger partial charge in [0.1, 0.15) is 13.1 Å². The number of aryl methyl sites for hydroxylation is 2. The van der Waals surface area contributed by atoms with Gasteiger partial charge in [0.25, 0.3) is 5.91 Å². The van der Waals surface area contributed by atoms with Gasteiger partial charge in [0.05, 0.1) is 11.4 Å². The molecule has 220 valence electrons. The molecule has 0 aliphatic rings. The van der Waals surface area contributed by atoms with Crippen LogP contribution in [0.4, 0.5) is 34.1 Å². The van der Waals surface area contributed by atoms with E-state index in [1.54, 1.807) is 30.3 Å². The molecule has 8 nitrogen and oxygen atoms in total. The Kier molecular flexibility index (Phi) is 9.74. The normalized spacial score (nSPS) is 10.8. The number of hydrogen-bond donors (Lipinski definition) is 4. The molecule has 4 N–H and O–H groups in total. The van der Waals surface area contributed by atoms with E-state index in [1.165, 1.54) is 6.08 Å². The molecule has 0 aliphatic heterocycles. The Hall–Kier alpha value is -5.76. The summed E-state index contributed by atoms with van der Waals surface area (Å²) < 4.78 is 4.19. The van der Waals surface area contributed by atoms with Gasteiger partial charge in [-0.15, -0.1) is 0 Å². The summed E-state index contributed by atoms with van der Waals surface area (Å²) in [4.78, 5) is 25.2. The summed E-state index contributed by atoms with van der Waals surface area (Å²) in [6.07, 6.45) is 11.3. The van der Waals surface area contributed by atoms with Gasteiger partial charge in [0, 0.05) is 58.7 Å². The highest BCUT2D eigenvalue weighted by Gasteiger charge is 2.07. The maximum Gasteiger partial charge on any atom is 0.255 e. The predicted octanol–water partition coefficient (Wildman–Crippen LogP) is 6.69. The fourth-order valence-corrected chi connectivity index (χ4v) is 4.41. The molecule has 0 fully saturated rings. The van der Waals surface area contributed by atoms with E-state index in [0.29, 0.717) is 16.9 Å². The predicted molar refractivity (Wildman–Crippen MR) is 176 cm³/mol. The monoisotopic (exact) mass is 584 g/mol. The van der Waals surface area contributed by atoms with Gasteiger partial charge in [0.2, 0.25) is 5.91 Å². The number of carbonyl (C=O) groups is 2. The number of carbonyl (C=O) groups excluding carboxylic acids is 2. The third-order valence-corrected chi connectivity index (χ3v) is 6.99. The van der Waals surface area contributed by atoms with E-state index in [9.17, 15) is 9.59 Å². The molecule has 44 heavy (non-hydrogen) atoms. The second kappa shape index (κ2) is 14.4. The largest absolute Gasteiger partial charge is 0.355 e. The van der Waals surface area contributed by atoms with Gasteiger partial charge in [-0.3, -0.25) is 9.59 Å². The Labute approximate surface area is 257 Å². The first-order chi connectivity index (χ1) is 21.5. The van der Waals surface area contributed by atoms with Crippen molar-refractivity contribution in [2.75, 3.05) is 21.3 Å². The third-order valence-electron chi connectivity index (χ3n) is 6.99. The van der Waals surface area contributed by atoms with Crippen molar-refractivity contribution in [3.63, 3.8) is 0 Å². The summed E-state index contributed by atoms with van der Waals surface area (Å²) in [7, 11) is 0. The zero-order valence-electron chi connectivity index (χ0n) is 24.8. The maximum atomic E-state index is 12.8. The molecule has 0 atom stereocenters. The molecule has 0 spiro atoms. The van der Waals surface area contributed by atoms with E-state index in [0.717, 1.165) is 41.4 Å². The second-order valence-corrected chi connectivity index (χ2v) is 10.1. The Morgan fingerprint density at radius 2 is 0.955 bits per heavy atom. The average molecular weight is 585 g/mol. The minimum absolute atomic E-state index is 0.207. The van der Waals surface area contributed by atoms with E-state index in [4.69, 9.17) is 0 Å². The van der Waals surface area contributed by atoms with Gasteiger partial charge in [-0.2, -0.15) is 0 Å². The van der Waals surface area contributed by atoms with Gasteiger partial charge in [0.15, 0.2) is 24.8 Å².